The first-order chi connectivity index (χ1) is 8.42. The summed E-state index contributed by atoms with van der Waals surface area (Å²) in [6.45, 7) is 0. The highest BCUT2D eigenvalue weighted by molar-refractivity contribution is 5.74. The van der Waals surface area contributed by atoms with Crippen molar-refractivity contribution in [1.82, 2.24) is 9.97 Å². The Morgan fingerprint density at radius 3 is 2.53 bits per heavy atom. The Bertz CT molecular complexity index is 638. The van der Waals surface area contributed by atoms with Gasteiger partial charge < -0.3 is 4.74 Å². The lowest BCUT2D eigenvalue weighted by Gasteiger charge is -2.04. The van der Waals surface area contributed by atoms with Crippen molar-refractivity contribution in [2.45, 2.75) is 0 Å². The van der Waals surface area contributed by atoms with Crippen LogP contribution in [0.3, 0.4) is 0 Å². The zero-order valence-corrected chi connectivity index (χ0v) is 9.00. The quantitative estimate of drug-likeness (QED) is 0.666. The van der Waals surface area contributed by atoms with Crippen molar-refractivity contribution in [3.05, 3.63) is 60.8 Å². The van der Waals surface area contributed by atoms with Gasteiger partial charge in [0.05, 0.1) is 17.2 Å². The second-order valence-corrected chi connectivity index (χ2v) is 3.53. The molecule has 3 heteroatoms. The fourth-order valence-electron chi connectivity index (χ4n) is 1.55. The van der Waals surface area contributed by atoms with E-state index in [1.807, 2.05) is 36.4 Å². The molecule has 0 saturated carbocycles. The summed E-state index contributed by atoms with van der Waals surface area (Å²) in [6.07, 6.45) is 1.62. The third kappa shape index (κ3) is 2.08. The highest BCUT2D eigenvalue weighted by Gasteiger charge is 2.00. The van der Waals surface area contributed by atoms with Gasteiger partial charge in [0.15, 0.2) is 0 Å². The summed E-state index contributed by atoms with van der Waals surface area (Å²) in [7, 11) is 0. The molecule has 1 heterocycles. The monoisotopic (exact) mass is 221 g/mol. The largest absolute Gasteiger partial charge is 0.437 e. The van der Waals surface area contributed by atoms with E-state index in [9.17, 15) is 0 Å². The first kappa shape index (κ1) is 9.78. The minimum Gasteiger partial charge on any atom is -0.437 e. The number of aromatic nitrogens is 2. The van der Waals surface area contributed by atoms with E-state index in [2.05, 4.69) is 16.0 Å². The topological polar surface area (TPSA) is 35.0 Å². The summed E-state index contributed by atoms with van der Waals surface area (Å²) in [4.78, 5) is 8.66. The molecule has 0 saturated heterocycles. The number of rotatable bonds is 2. The van der Waals surface area contributed by atoms with Crippen molar-refractivity contribution in [3.8, 4) is 11.6 Å². The lowest BCUT2D eigenvalue weighted by Crippen LogP contribution is -1.90. The molecule has 3 rings (SSSR count). The van der Waals surface area contributed by atoms with Crippen LogP contribution in [0.15, 0.2) is 54.7 Å². The predicted octanol–water partition coefficient (Wildman–Crippen LogP) is 3.22. The van der Waals surface area contributed by atoms with E-state index < -0.39 is 0 Å². The van der Waals surface area contributed by atoms with Crippen LogP contribution < -0.4 is 4.74 Å². The van der Waals surface area contributed by atoms with Gasteiger partial charge in [0, 0.05) is 0 Å². The van der Waals surface area contributed by atoms with Crippen molar-refractivity contribution in [2.24, 2.45) is 0 Å². The molecule has 17 heavy (non-hydrogen) atoms. The molecule has 2 aromatic carbocycles. The number of hydrogen-bond acceptors (Lipinski definition) is 3. The van der Waals surface area contributed by atoms with Gasteiger partial charge >= 0.3 is 0 Å². The fraction of sp³-hybridized carbons (Fsp3) is 0. The van der Waals surface area contributed by atoms with Crippen molar-refractivity contribution in [1.29, 1.82) is 0 Å². The molecular weight excluding hydrogens is 212 g/mol. The molecule has 3 nitrogen and oxygen atoms in total. The maximum Gasteiger partial charge on any atom is 0.238 e. The van der Waals surface area contributed by atoms with E-state index in [4.69, 9.17) is 4.74 Å². The smallest absolute Gasteiger partial charge is 0.238 e. The third-order valence-electron chi connectivity index (χ3n) is 2.34. The molecule has 0 atom stereocenters. The summed E-state index contributed by atoms with van der Waals surface area (Å²) in [6, 6.07) is 17.9. The van der Waals surface area contributed by atoms with E-state index in [-0.39, 0.29) is 0 Å². The van der Waals surface area contributed by atoms with E-state index in [0.29, 0.717) is 5.88 Å². The number of benzene rings is 2. The highest BCUT2D eigenvalue weighted by Crippen LogP contribution is 2.19. The van der Waals surface area contributed by atoms with Gasteiger partial charge in [0.1, 0.15) is 5.75 Å². The van der Waals surface area contributed by atoms with Crippen LogP contribution in [0.25, 0.3) is 11.0 Å². The summed E-state index contributed by atoms with van der Waals surface area (Å²) >= 11 is 0. The Labute approximate surface area is 98.7 Å². The molecule has 0 fully saturated rings. The van der Waals surface area contributed by atoms with E-state index >= 15 is 0 Å². The van der Waals surface area contributed by atoms with Gasteiger partial charge in [-0.1, -0.05) is 24.3 Å². The number of nitrogens with zero attached hydrogens (tertiary/aromatic N) is 2. The average molecular weight is 221 g/mol. The summed E-state index contributed by atoms with van der Waals surface area (Å²) < 4.78 is 5.59. The summed E-state index contributed by atoms with van der Waals surface area (Å²) in [5.74, 6) is 1.23. The van der Waals surface area contributed by atoms with E-state index in [1.54, 1.807) is 18.3 Å². The molecule has 0 aliphatic carbocycles. The first-order valence-electron chi connectivity index (χ1n) is 5.27. The highest BCUT2D eigenvalue weighted by atomic mass is 16.5. The molecule has 0 unspecified atom stereocenters. The zero-order chi connectivity index (χ0) is 11.5. The van der Waals surface area contributed by atoms with Gasteiger partial charge in [-0.3, -0.25) is 0 Å². The van der Waals surface area contributed by atoms with Crippen LogP contribution >= 0.6 is 0 Å². The Morgan fingerprint density at radius 1 is 0.941 bits per heavy atom. The average Bonchev–Trinajstić information content (AvgIpc) is 2.40. The molecule has 3 aromatic rings. The molecule has 0 bridgehead atoms. The summed E-state index contributed by atoms with van der Waals surface area (Å²) in [5.41, 5.74) is 1.69. The van der Waals surface area contributed by atoms with Crippen LogP contribution in [0, 0.1) is 6.07 Å². The van der Waals surface area contributed by atoms with Gasteiger partial charge in [0.2, 0.25) is 5.88 Å². The Morgan fingerprint density at radius 2 is 1.71 bits per heavy atom. The van der Waals surface area contributed by atoms with Crippen LogP contribution in [0.5, 0.6) is 11.6 Å². The summed E-state index contributed by atoms with van der Waals surface area (Å²) in [5, 5.41) is 0. The Balaban J connectivity index is 1.96. The standard InChI is InChI=1S/C14H9N2O/c1-2-6-11(7-3-1)17-14-10-15-12-8-4-5-9-13(12)16-14/h2-10H. The number of para-hydroxylation sites is 2. The lowest BCUT2D eigenvalue weighted by molar-refractivity contribution is 0.463. The van der Waals surface area contributed by atoms with E-state index in [0.717, 1.165) is 16.8 Å². The van der Waals surface area contributed by atoms with Gasteiger partial charge in [-0.25, -0.2) is 9.97 Å². The molecule has 0 N–H and O–H groups in total. The van der Waals surface area contributed by atoms with Crippen molar-refractivity contribution in [3.63, 3.8) is 0 Å². The normalized spacial score (nSPS) is 10.4. The van der Waals surface area contributed by atoms with Gasteiger partial charge in [-0.05, 0) is 30.3 Å². The van der Waals surface area contributed by atoms with E-state index in [1.165, 1.54) is 0 Å². The number of hydrogen-bond donors (Lipinski definition) is 0. The zero-order valence-electron chi connectivity index (χ0n) is 9.00. The Hall–Kier alpha value is -2.42. The number of ether oxygens (including phenoxy) is 1. The molecule has 0 aliphatic rings. The molecule has 0 amide bonds. The molecule has 0 aliphatic heterocycles. The van der Waals surface area contributed by atoms with Crippen LogP contribution in [0.1, 0.15) is 0 Å². The van der Waals surface area contributed by atoms with Gasteiger partial charge in [-0.15, -0.1) is 0 Å². The maximum atomic E-state index is 5.59. The van der Waals surface area contributed by atoms with Crippen molar-refractivity contribution < 1.29 is 4.74 Å². The first-order valence-corrected chi connectivity index (χ1v) is 5.27. The minimum atomic E-state index is 0.495. The second kappa shape index (κ2) is 4.22. The van der Waals surface area contributed by atoms with Crippen molar-refractivity contribution >= 4 is 11.0 Å². The number of fused-ring (bicyclic) bond motifs is 1. The molecule has 81 valence electrons. The maximum absolute atomic E-state index is 5.59. The minimum absolute atomic E-state index is 0.495. The van der Waals surface area contributed by atoms with Crippen molar-refractivity contribution in [2.75, 3.05) is 0 Å². The van der Waals surface area contributed by atoms with Crippen LogP contribution in [-0.4, -0.2) is 9.97 Å². The molecule has 1 aromatic heterocycles. The second-order valence-electron chi connectivity index (χ2n) is 3.53. The third-order valence-corrected chi connectivity index (χ3v) is 2.34. The van der Waals surface area contributed by atoms with Crippen LogP contribution in [0.4, 0.5) is 0 Å². The Kier molecular flexibility index (Phi) is 2.43. The van der Waals surface area contributed by atoms with Crippen LogP contribution in [-0.2, 0) is 0 Å². The van der Waals surface area contributed by atoms with Crippen LogP contribution in [0.2, 0.25) is 0 Å². The van der Waals surface area contributed by atoms with Gasteiger partial charge in [0.25, 0.3) is 0 Å². The molecule has 1 radical (unpaired) electrons. The predicted molar refractivity (Wildman–Crippen MR) is 64.9 cm³/mol. The van der Waals surface area contributed by atoms with Gasteiger partial charge in [-0.2, -0.15) is 0 Å². The fourth-order valence-corrected chi connectivity index (χ4v) is 1.55. The lowest BCUT2D eigenvalue weighted by atomic mass is 10.3. The molecular formula is C14H9N2O. The molecule has 0 spiro atoms. The SMILES string of the molecule is [c]1ccc(Oc2cnc3ccccc3n2)cc1.